The van der Waals surface area contributed by atoms with E-state index in [-0.39, 0.29) is 0 Å². The molecule has 98 valence electrons. The summed E-state index contributed by atoms with van der Waals surface area (Å²) in [4.78, 5) is 6.56. The van der Waals surface area contributed by atoms with Crippen molar-refractivity contribution in [3.8, 4) is 0 Å². The van der Waals surface area contributed by atoms with Gasteiger partial charge in [0.1, 0.15) is 0 Å². The first-order valence-electron chi connectivity index (χ1n) is 6.22. The number of hydrogen-bond acceptors (Lipinski definition) is 4. The van der Waals surface area contributed by atoms with Gasteiger partial charge >= 0.3 is 0 Å². The van der Waals surface area contributed by atoms with Crippen LogP contribution >= 0.6 is 0 Å². The highest BCUT2D eigenvalue weighted by Gasteiger charge is 2.18. The first kappa shape index (κ1) is 12.9. The molecule has 0 amide bonds. The Kier molecular flexibility index (Phi) is 3.84. The van der Waals surface area contributed by atoms with Gasteiger partial charge in [-0.15, -0.1) is 0 Å². The SMILES string of the molecule is CCC(N)=Nc1ccc2c(c1NO)CN(C)CC2. The number of nitrogens with two attached hydrogens (primary N) is 1. The third-order valence-corrected chi connectivity index (χ3v) is 3.32. The Morgan fingerprint density at radius 1 is 1.56 bits per heavy atom. The van der Waals surface area contributed by atoms with Crippen molar-refractivity contribution in [3.05, 3.63) is 23.3 Å². The molecule has 1 aromatic carbocycles. The summed E-state index contributed by atoms with van der Waals surface area (Å²) < 4.78 is 0. The summed E-state index contributed by atoms with van der Waals surface area (Å²) in [6.07, 6.45) is 1.69. The van der Waals surface area contributed by atoms with Crippen LogP contribution in [-0.2, 0) is 13.0 Å². The van der Waals surface area contributed by atoms with Crippen LogP contribution in [0, 0.1) is 0 Å². The predicted octanol–water partition coefficient (Wildman–Crippen LogP) is 1.87. The van der Waals surface area contributed by atoms with Gasteiger partial charge < -0.3 is 10.6 Å². The third kappa shape index (κ3) is 2.47. The molecule has 0 radical (unpaired) electrons. The minimum atomic E-state index is 0.565. The lowest BCUT2D eigenvalue weighted by Crippen LogP contribution is -2.27. The molecule has 5 nitrogen and oxygen atoms in total. The lowest BCUT2D eigenvalue weighted by molar-refractivity contribution is 0.311. The van der Waals surface area contributed by atoms with Gasteiger partial charge in [-0.2, -0.15) is 0 Å². The molecule has 0 saturated carbocycles. The van der Waals surface area contributed by atoms with Gasteiger partial charge in [0.2, 0.25) is 0 Å². The summed E-state index contributed by atoms with van der Waals surface area (Å²) in [5.41, 5.74) is 11.8. The van der Waals surface area contributed by atoms with Crippen LogP contribution in [0.2, 0.25) is 0 Å². The fourth-order valence-corrected chi connectivity index (χ4v) is 2.21. The van der Waals surface area contributed by atoms with E-state index in [0.717, 1.165) is 25.1 Å². The van der Waals surface area contributed by atoms with Crippen molar-refractivity contribution in [1.82, 2.24) is 4.90 Å². The second-order valence-electron chi connectivity index (χ2n) is 4.65. The second kappa shape index (κ2) is 5.37. The van der Waals surface area contributed by atoms with Gasteiger partial charge in [-0.3, -0.25) is 10.7 Å². The Hall–Kier alpha value is -1.59. The van der Waals surface area contributed by atoms with E-state index in [1.54, 1.807) is 0 Å². The molecule has 0 unspecified atom stereocenters. The van der Waals surface area contributed by atoms with Crippen molar-refractivity contribution in [1.29, 1.82) is 0 Å². The Labute approximate surface area is 107 Å². The molecule has 0 spiro atoms. The molecule has 18 heavy (non-hydrogen) atoms. The normalized spacial score (nSPS) is 16.5. The molecule has 0 bridgehead atoms. The fraction of sp³-hybridized carbons (Fsp3) is 0.462. The second-order valence-corrected chi connectivity index (χ2v) is 4.65. The molecule has 0 aromatic heterocycles. The van der Waals surface area contributed by atoms with Gasteiger partial charge in [-0.05, 0) is 30.7 Å². The summed E-state index contributed by atoms with van der Waals surface area (Å²) in [6.45, 7) is 3.81. The monoisotopic (exact) mass is 248 g/mol. The van der Waals surface area contributed by atoms with Gasteiger partial charge in [0, 0.05) is 19.5 Å². The molecule has 2 rings (SSSR count). The van der Waals surface area contributed by atoms with Crippen LogP contribution in [0.15, 0.2) is 17.1 Å². The summed E-state index contributed by atoms with van der Waals surface area (Å²) >= 11 is 0. The van der Waals surface area contributed by atoms with Gasteiger partial charge in [-0.25, -0.2) is 4.99 Å². The summed E-state index contributed by atoms with van der Waals surface area (Å²) in [7, 11) is 2.07. The first-order valence-corrected chi connectivity index (χ1v) is 6.22. The largest absolute Gasteiger partial charge is 0.387 e. The number of benzene rings is 1. The molecule has 4 N–H and O–H groups in total. The van der Waals surface area contributed by atoms with Crippen LogP contribution in [0.1, 0.15) is 24.5 Å². The lowest BCUT2D eigenvalue weighted by atomic mass is 9.97. The van der Waals surface area contributed by atoms with Crippen LogP contribution in [-0.4, -0.2) is 29.5 Å². The van der Waals surface area contributed by atoms with E-state index in [1.807, 2.05) is 13.0 Å². The topological polar surface area (TPSA) is 73.9 Å². The summed E-state index contributed by atoms with van der Waals surface area (Å²) in [5, 5.41) is 9.37. The van der Waals surface area contributed by atoms with Gasteiger partial charge in [-0.1, -0.05) is 13.0 Å². The molecule has 1 aliphatic heterocycles. The van der Waals surface area contributed by atoms with E-state index < -0.39 is 0 Å². The minimum Gasteiger partial charge on any atom is -0.387 e. The Bertz CT molecular complexity index is 470. The number of anilines is 1. The van der Waals surface area contributed by atoms with E-state index in [1.165, 1.54) is 5.56 Å². The molecule has 0 fully saturated rings. The maximum atomic E-state index is 9.37. The average molecular weight is 248 g/mol. The van der Waals surface area contributed by atoms with E-state index in [2.05, 4.69) is 28.5 Å². The zero-order chi connectivity index (χ0) is 13.1. The molecule has 5 heteroatoms. The third-order valence-electron chi connectivity index (χ3n) is 3.32. The average Bonchev–Trinajstić information content (AvgIpc) is 2.38. The molecular weight excluding hydrogens is 228 g/mol. The Morgan fingerprint density at radius 3 is 3.00 bits per heavy atom. The zero-order valence-corrected chi connectivity index (χ0v) is 10.9. The molecule has 1 heterocycles. The quantitative estimate of drug-likeness (QED) is 0.434. The van der Waals surface area contributed by atoms with Crippen LogP contribution < -0.4 is 11.2 Å². The summed E-state index contributed by atoms with van der Waals surface area (Å²) in [6, 6.07) is 3.98. The predicted molar refractivity (Wildman–Crippen MR) is 73.5 cm³/mol. The Morgan fingerprint density at radius 2 is 2.33 bits per heavy atom. The minimum absolute atomic E-state index is 0.565. The Balaban J connectivity index is 2.47. The number of aliphatic imine (C=N–C) groups is 1. The molecule has 1 aliphatic rings. The molecule has 1 aromatic rings. The van der Waals surface area contributed by atoms with Crippen LogP contribution in [0.3, 0.4) is 0 Å². The first-order chi connectivity index (χ1) is 8.65. The lowest BCUT2D eigenvalue weighted by Gasteiger charge is -2.27. The van der Waals surface area contributed by atoms with Gasteiger partial charge in [0.25, 0.3) is 0 Å². The zero-order valence-electron chi connectivity index (χ0n) is 10.9. The van der Waals surface area contributed by atoms with E-state index in [9.17, 15) is 5.21 Å². The summed E-state index contributed by atoms with van der Waals surface area (Å²) in [5.74, 6) is 0.565. The highest BCUT2D eigenvalue weighted by molar-refractivity contribution is 5.86. The van der Waals surface area contributed by atoms with Gasteiger partial charge in [0.15, 0.2) is 0 Å². The number of hydrogen-bond donors (Lipinski definition) is 3. The van der Waals surface area contributed by atoms with Gasteiger partial charge in [0.05, 0.1) is 17.2 Å². The molecule has 0 atom stereocenters. The van der Waals surface area contributed by atoms with Crippen molar-refractivity contribution < 1.29 is 5.21 Å². The van der Waals surface area contributed by atoms with Crippen LogP contribution in [0.25, 0.3) is 0 Å². The number of likely N-dealkylation sites (N-methyl/N-ethyl adjacent to an activating group) is 1. The maximum absolute atomic E-state index is 9.37. The van der Waals surface area contributed by atoms with Crippen molar-refractivity contribution >= 4 is 17.2 Å². The fourth-order valence-electron chi connectivity index (χ4n) is 2.21. The maximum Gasteiger partial charge on any atom is 0.0994 e. The van der Waals surface area contributed by atoms with Crippen molar-refractivity contribution in [3.63, 3.8) is 0 Å². The van der Waals surface area contributed by atoms with Crippen molar-refractivity contribution in [2.24, 2.45) is 10.7 Å². The smallest absolute Gasteiger partial charge is 0.0994 e. The number of fused-ring (bicyclic) bond motifs is 1. The van der Waals surface area contributed by atoms with E-state index in [4.69, 9.17) is 5.73 Å². The number of amidine groups is 1. The van der Waals surface area contributed by atoms with Crippen molar-refractivity contribution in [2.45, 2.75) is 26.3 Å². The van der Waals surface area contributed by atoms with Crippen LogP contribution in [0.4, 0.5) is 11.4 Å². The van der Waals surface area contributed by atoms with Crippen LogP contribution in [0.5, 0.6) is 0 Å². The van der Waals surface area contributed by atoms with Crippen molar-refractivity contribution in [2.75, 3.05) is 19.1 Å². The molecular formula is C13H20N4O. The standard InChI is InChI=1S/C13H20N4O/c1-3-12(14)15-11-5-4-9-6-7-17(2)8-10(9)13(11)16-18/h4-5,16,18H,3,6-8H2,1-2H3,(H2,14,15). The number of nitrogens with zero attached hydrogens (tertiary/aromatic N) is 2. The van der Waals surface area contributed by atoms with E-state index >= 15 is 0 Å². The highest BCUT2D eigenvalue weighted by Crippen LogP contribution is 2.34. The molecule has 0 saturated heterocycles. The number of rotatable bonds is 3. The highest BCUT2D eigenvalue weighted by atomic mass is 16.5. The van der Waals surface area contributed by atoms with E-state index in [0.29, 0.717) is 23.6 Å². The molecule has 0 aliphatic carbocycles. The number of nitrogens with one attached hydrogen (secondary N) is 1.